The standard InChI is InChI=1S/C25H30N4O2/c1-17-11-13-19(14-12-17)29-22(15-21(27-29)25(3,4)5)26-23(30)16-28(6)24(31)20-10-8-7-9-18(20)2/h7-15H,16H2,1-6H3,(H,26,30). The van der Waals surface area contributed by atoms with Gasteiger partial charge < -0.3 is 10.2 Å². The predicted octanol–water partition coefficient (Wildman–Crippen LogP) is 4.50. The van der Waals surface area contributed by atoms with E-state index >= 15 is 0 Å². The van der Waals surface area contributed by atoms with Crippen LogP contribution in [0.5, 0.6) is 0 Å². The maximum atomic E-state index is 12.8. The lowest BCUT2D eigenvalue weighted by Gasteiger charge is -2.18. The molecule has 1 aromatic heterocycles. The molecule has 3 aromatic rings. The van der Waals surface area contributed by atoms with Gasteiger partial charge in [0.1, 0.15) is 5.82 Å². The van der Waals surface area contributed by atoms with Crippen LogP contribution in [0.1, 0.15) is 48.0 Å². The van der Waals surface area contributed by atoms with Crippen molar-refractivity contribution in [3.8, 4) is 5.69 Å². The summed E-state index contributed by atoms with van der Waals surface area (Å²) in [7, 11) is 1.63. The highest BCUT2D eigenvalue weighted by Crippen LogP contribution is 2.26. The van der Waals surface area contributed by atoms with Crippen LogP contribution in [0.3, 0.4) is 0 Å². The summed E-state index contributed by atoms with van der Waals surface area (Å²) >= 11 is 0. The number of amides is 2. The molecule has 0 radical (unpaired) electrons. The highest BCUT2D eigenvalue weighted by atomic mass is 16.2. The molecule has 6 nitrogen and oxygen atoms in total. The van der Waals surface area contributed by atoms with E-state index in [1.165, 1.54) is 4.90 Å². The maximum absolute atomic E-state index is 12.8. The molecule has 0 spiro atoms. The Labute approximate surface area is 183 Å². The molecule has 0 fully saturated rings. The topological polar surface area (TPSA) is 67.2 Å². The first-order valence-corrected chi connectivity index (χ1v) is 10.3. The normalized spacial score (nSPS) is 11.3. The minimum atomic E-state index is -0.279. The SMILES string of the molecule is Cc1ccc(-n2nc(C(C)(C)C)cc2NC(=O)CN(C)C(=O)c2ccccc2C)cc1. The molecule has 3 rings (SSSR count). The van der Waals surface area contributed by atoms with Crippen LogP contribution in [-0.4, -0.2) is 40.1 Å². The highest BCUT2D eigenvalue weighted by molar-refractivity contribution is 5.99. The largest absolute Gasteiger partial charge is 0.332 e. The molecule has 0 unspecified atom stereocenters. The molecular weight excluding hydrogens is 388 g/mol. The van der Waals surface area contributed by atoms with Crippen LogP contribution in [0, 0.1) is 13.8 Å². The van der Waals surface area contributed by atoms with Gasteiger partial charge in [-0.25, -0.2) is 4.68 Å². The summed E-state index contributed by atoms with van der Waals surface area (Å²) in [5.74, 6) is 0.115. The first kappa shape index (κ1) is 22.3. The van der Waals surface area contributed by atoms with Crippen molar-refractivity contribution in [2.24, 2.45) is 0 Å². The van der Waals surface area contributed by atoms with E-state index in [1.807, 2.05) is 62.4 Å². The van der Waals surface area contributed by atoms with Gasteiger partial charge in [-0.2, -0.15) is 5.10 Å². The number of carbonyl (C=O) groups excluding carboxylic acids is 2. The summed E-state index contributed by atoms with van der Waals surface area (Å²) in [5.41, 5.74) is 4.18. The second-order valence-electron chi connectivity index (χ2n) is 8.94. The molecule has 1 N–H and O–H groups in total. The van der Waals surface area contributed by atoms with Crippen LogP contribution in [0.2, 0.25) is 0 Å². The molecule has 0 aliphatic heterocycles. The highest BCUT2D eigenvalue weighted by Gasteiger charge is 2.22. The van der Waals surface area contributed by atoms with Crippen molar-refractivity contribution in [1.29, 1.82) is 0 Å². The number of hydrogen-bond acceptors (Lipinski definition) is 3. The Bertz CT molecular complexity index is 1090. The number of likely N-dealkylation sites (N-methyl/N-ethyl adjacent to an activating group) is 1. The number of benzene rings is 2. The van der Waals surface area contributed by atoms with Gasteiger partial charge in [0.2, 0.25) is 5.91 Å². The average Bonchev–Trinajstić information content (AvgIpc) is 3.12. The van der Waals surface area contributed by atoms with Gasteiger partial charge in [-0.05, 0) is 37.6 Å². The third kappa shape index (κ3) is 5.20. The van der Waals surface area contributed by atoms with E-state index in [9.17, 15) is 9.59 Å². The Morgan fingerprint density at radius 1 is 1.03 bits per heavy atom. The number of anilines is 1. The number of hydrogen-bond donors (Lipinski definition) is 1. The Morgan fingerprint density at radius 3 is 2.29 bits per heavy atom. The fourth-order valence-corrected chi connectivity index (χ4v) is 3.21. The zero-order valence-corrected chi connectivity index (χ0v) is 19.1. The van der Waals surface area contributed by atoms with Crippen molar-refractivity contribution < 1.29 is 9.59 Å². The fourth-order valence-electron chi connectivity index (χ4n) is 3.21. The van der Waals surface area contributed by atoms with Crippen molar-refractivity contribution in [3.63, 3.8) is 0 Å². The van der Waals surface area contributed by atoms with Crippen molar-refractivity contribution >= 4 is 17.6 Å². The van der Waals surface area contributed by atoms with Crippen LogP contribution in [-0.2, 0) is 10.2 Å². The van der Waals surface area contributed by atoms with Gasteiger partial charge in [-0.1, -0.05) is 56.7 Å². The van der Waals surface area contributed by atoms with Crippen molar-refractivity contribution in [2.75, 3.05) is 18.9 Å². The van der Waals surface area contributed by atoms with Crippen molar-refractivity contribution in [1.82, 2.24) is 14.7 Å². The molecule has 162 valence electrons. The monoisotopic (exact) mass is 418 g/mol. The molecule has 0 saturated carbocycles. The van der Waals surface area contributed by atoms with E-state index in [-0.39, 0.29) is 23.8 Å². The molecule has 0 saturated heterocycles. The Hall–Kier alpha value is -3.41. The summed E-state index contributed by atoms with van der Waals surface area (Å²) in [6, 6.07) is 17.2. The molecule has 0 atom stereocenters. The molecular formula is C25H30N4O2. The lowest BCUT2D eigenvalue weighted by Crippen LogP contribution is -2.35. The van der Waals surface area contributed by atoms with Crippen LogP contribution in [0.15, 0.2) is 54.6 Å². The second kappa shape index (κ2) is 8.76. The number of nitrogens with zero attached hydrogens (tertiary/aromatic N) is 3. The van der Waals surface area contributed by atoms with Gasteiger partial charge in [0, 0.05) is 24.1 Å². The van der Waals surface area contributed by atoms with E-state index in [0.717, 1.165) is 22.5 Å². The molecule has 2 aromatic carbocycles. The molecule has 0 bridgehead atoms. The summed E-state index contributed by atoms with van der Waals surface area (Å²) in [6.45, 7) is 10.1. The van der Waals surface area contributed by atoms with Gasteiger partial charge in [0.25, 0.3) is 5.91 Å². The van der Waals surface area contributed by atoms with E-state index < -0.39 is 0 Å². The van der Waals surface area contributed by atoms with Gasteiger partial charge in [0.05, 0.1) is 17.9 Å². The fraction of sp³-hybridized carbons (Fsp3) is 0.320. The summed E-state index contributed by atoms with van der Waals surface area (Å²) in [4.78, 5) is 27.0. The number of carbonyl (C=O) groups is 2. The molecule has 31 heavy (non-hydrogen) atoms. The smallest absolute Gasteiger partial charge is 0.254 e. The minimum absolute atomic E-state index is 0.0584. The number of aromatic nitrogens is 2. The van der Waals surface area contributed by atoms with Gasteiger partial charge in [0.15, 0.2) is 0 Å². The summed E-state index contributed by atoms with van der Waals surface area (Å²) in [5, 5.41) is 7.66. The maximum Gasteiger partial charge on any atom is 0.254 e. The van der Waals surface area contributed by atoms with E-state index in [1.54, 1.807) is 17.8 Å². The van der Waals surface area contributed by atoms with Gasteiger partial charge in [-0.15, -0.1) is 0 Å². The lowest BCUT2D eigenvalue weighted by atomic mass is 9.92. The average molecular weight is 419 g/mol. The Kier molecular flexibility index (Phi) is 6.29. The zero-order valence-electron chi connectivity index (χ0n) is 19.1. The number of nitrogens with one attached hydrogen (secondary N) is 1. The van der Waals surface area contributed by atoms with Crippen molar-refractivity contribution in [2.45, 2.75) is 40.0 Å². The minimum Gasteiger partial charge on any atom is -0.332 e. The van der Waals surface area contributed by atoms with E-state index in [0.29, 0.717) is 11.4 Å². The van der Waals surface area contributed by atoms with Gasteiger partial charge >= 0.3 is 0 Å². The Morgan fingerprint density at radius 2 is 1.68 bits per heavy atom. The lowest BCUT2D eigenvalue weighted by molar-refractivity contribution is -0.116. The first-order chi connectivity index (χ1) is 14.6. The van der Waals surface area contributed by atoms with Crippen LogP contribution >= 0.6 is 0 Å². The summed E-state index contributed by atoms with van der Waals surface area (Å²) < 4.78 is 1.74. The first-order valence-electron chi connectivity index (χ1n) is 10.3. The van der Waals surface area contributed by atoms with Gasteiger partial charge in [-0.3, -0.25) is 9.59 Å². The summed E-state index contributed by atoms with van der Waals surface area (Å²) in [6.07, 6.45) is 0. The van der Waals surface area contributed by atoms with Crippen molar-refractivity contribution in [3.05, 3.63) is 77.0 Å². The van der Waals surface area contributed by atoms with E-state index in [4.69, 9.17) is 5.10 Å². The molecule has 0 aliphatic carbocycles. The van der Waals surface area contributed by atoms with E-state index in [2.05, 4.69) is 26.1 Å². The third-order valence-electron chi connectivity index (χ3n) is 5.13. The Balaban J connectivity index is 1.81. The quantitative estimate of drug-likeness (QED) is 0.663. The van der Waals surface area contributed by atoms with Crippen LogP contribution in [0.4, 0.5) is 5.82 Å². The molecule has 6 heteroatoms. The van der Waals surface area contributed by atoms with Crippen LogP contribution < -0.4 is 5.32 Å². The third-order valence-corrected chi connectivity index (χ3v) is 5.13. The van der Waals surface area contributed by atoms with Crippen LogP contribution in [0.25, 0.3) is 5.69 Å². The molecule has 2 amide bonds. The number of aryl methyl sites for hydroxylation is 2. The molecule has 1 heterocycles. The number of rotatable bonds is 5. The zero-order chi connectivity index (χ0) is 22.8. The predicted molar refractivity (Wildman–Crippen MR) is 124 cm³/mol. The second-order valence-corrected chi connectivity index (χ2v) is 8.94. The molecule has 0 aliphatic rings.